The Bertz CT molecular complexity index is 370. The van der Waals surface area contributed by atoms with Gasteiger partial charge in [-0.2, -0.15) is 0 Å². The zero-order chi connectivity index (χ0) is 16.7. The van der Waals surface area contributed by atoms with E-state index in [1.165, 1.54) is 0 Å². The number of esters is 2. The molecule has 0 radical (unpaired) electrons. The van der Waals surface area contributed by atoms with Crippen LogP contribution in [-0.4, -0.2) is 64.6 Å². The van der Waals surface area contributed by atoms with Gasteiger partial charge in [-0.05, 0) is 12.8 Å². The SMILES string of the molecule is CCCC(=O)OC[C@H]1O[C@@H](O)[C@H](OC(=O)CCC)[C@@H](O)[C@@H]1O. The minimum Gasteiger partial charge on any atom is -0.463 e. The van der Waals surface area contributed by atoms with E-state index in [0.717, 1.165) is 0 Å². The van der Waals surface area contributed by atoms with Crippen molar-refractivity contribution in [3.8, 4) is 0 Å². The Morgan fingerprint density at radius 1 is 1.00 bits per heavy atom. The van der Waals surface area contributed by atoms with Crippen molar-refractivity contribution in [2.24, 2.45) is 0 Å². The van der Waals surface area contributed by atoms with Gasteiger partial charge < -0.3 is 29.5 Å². The molecule has 0 saturated carbocycles. The fraction of sp³-hybridized carbons (Fsp3) is 0.857. The quantitative estimate of drug-likeness (QED) is 0.536. The van der Waals surface area contributed by atoms with E-state index in [0.29, 0.717) is 12.8 Å². The number of aliphatic hydroxyl groups is 3. The van der Waals surface area contributed by atoms with Crippen LogP contribution in [0, 0.1) is 0 Å². The van der Waals surface area contributed by atoms with Crippen molar-refractivity contribution in [2.75, 3.05) is 6.61 Å². The topological polar surface area (TPSA) is 123 Å². The van der Waals surface area contributed by atoms with Gasteiger partial charge in [0.15, 0.2) is 12.4 Å². The zero-order valence-corrected chi connectivity index (χ0v) is 12.8. The van der Waals surface area contributed by atoms with E-state index >= 15 is 0 Å². The fourth-order valence-electron chi connectivity index (χ4n) is 2.05. The second kappa shape index (κ2) is 9.04. The van der Waals surface area contributed by atoms with Crippen LogP contribution >= 0.6 is 0 Å². The first kappa shape index (κ1) is 18.8. The molecule has 0 aromatic heterocycles. The van der Waals surface area contributed by atoms with Crippen molar-refractivity contribution in [3.05, 3.63) is 0 Å². The summed E-state index contributed by atoms with van der Waals surface area (Å²) in [5.74, 6) is -1.06. The molecule has 128 valence electrons. The van der Waals surface area contributed by atoms with Crippen molar-refractivity contribution in [1.29, 1.82) is 0 Å². The molecule has 5 atom stereocenters. The number of carbonyl (C=O) groups excluding carboxylic acids is 2. The summed E-state index contributed by atoms with van der Waals surface area (Å²) < 4.78 is 14.9. The predicted octanol–water partition coefficient (Wildman–Crippen LogP) is -0.519. The maximum absolute atomic E-state index is 11.4. The minimum absolute atomic E-state index is 0.129. The first-order valence-electron chi connectivity index (χ1n) is 7.45. The number of hydrogen-bond acceptors (Lipinski definition) is 8. The molecule has 1 aliphatic heterocycles. The van der Waals surface area contributed by atoms with Crippen LogP contribution in [0.4, 0.5) is 0 Å². The van der Waals surface area contributed by atoms with Crippen molar-refractivity contribution in [3.63, 3.8) is 0 Å². The molecule has 0 amide bonds. The molecule has 0 aliphatic carbocycles. The molecule has 1 heterocycles. The van der Waals surface area contributed by atoms with Crippen LogP contribution in [0.2, 0.25) is 0 Å². The molecule has 0 aromatic carbocycles. The second-order valence-corrected chi connectivity index (χ2v) is 5.18. The highest BCUT2D eigenvalue weighted by molar-refractivity contribution is 5.69. The molecule has 0 bridgehead atoms. The van der Waals surface area contributed by atoms with Crippen LogP contribution in [0.5, 0.6) is 0 Å². The first-order chi connectivity index (χ1) is 10.4. The van der Waals surface area contributed by atoms with Gasteiger partial charge in [-0.15, -0.1) is 0 Å². The lowest BCUT2D eigenvalue weighted by molar-refractivity contribution is -0.291. The van der Waals surface area contributed by atoms with E-state index in [4.69, 9.17) is 14.2 Å². The van der Waals surface area contributed by atoms with E-state index in [2.05, 4.69) is 0 Å². The molecule has 1 aliphatic rings. The average molecular weight is 320 g/mol. The Morgan fingerprint density at radius 3 is 2.18 bits per heavy atom. The third kappa shape index (κ3) is 5.20. The van der Waals surface area contributed by atoms with Crippen LogP contribution in [0.3, 0.4) is 0 Å². The number of aliphatic hydroxyl groups excluding tert-OH is 3. The maximum atomic E-state index is 11.4. The number of ether oxygens (including phenoxy) is 3. The van der Waals surface area contributed by atoms with E-state index in [1.54, 1.807) is 6.92 Å². The maximum Gasteiger partial charge on any atom is 0.306 e. The predicted molar refractivity (Wildman–Crippen MR) is 73.5 cm³/mol. The van der Waals surface area contributed by atoms with E-state index in [-0.39, 0.29) is 19.4 Å². The Labute approximate surface area is 129 Å². The lowest BCUT2D eigenvalue weighted by atomic mass is 9.99. The van der Waals surface area contributed by atoms with Gasteiger partial charge in [0.05, 0.1) is 0 Å². The van der Waals surface area contributed by atoms with Gasteiger partial charge in [-0.3, -0.25) is 9.59 Å². The second-order valence-electron chi connectivity index (χ2n) is 5.18. The summed E-state index contributed by atoms with van der Waals surface area (Å²) in [6.45, 7) is 3.29. The summed E-state index contributed by atoms with van der Waals surface area (Å²) in [6, 6.07) is 0. The molecule has 1 saturated heterocycles. The molecule has 3 N–H and O–H groups in total. The normalized spacial score (nSPS) is 31.6. The van der Waals surface area contributed by atoms with Crippen molar-refractivity contribution in [1.82, 2.24) is 0 Å². The summed E-state index contributed by atoms with van der Waals surface area (Å²) in [5, 5.41) is 29.7. The monoisotopic (exact) mass is 320 g/mol. The summed E-state index contributed by atoms with van der Waals surface area (Å²) >= 11 is 0. The highest BCUT2D eigenvalue weighted by Gasteiger charge is 2.46. The third-order valence-electron chi connectivity index (χ3n) is 3.25. The van der Waals surface area contributed by atoms with Crippen LogP contribution in [0.15, 0.2) is 0 Å². The Morgan fingerprint density at radius 2 is 1.59 bits per heavy atom. The van der Waals surface area contributed by atoms with Gasteiger partial charge in [-0.1, -0.05) is 13.8 Å². The fourth-order valence-corrected chi connectivity index (χ4v) is 2.05. The first-order valence-corrected chi connectivity index (χ1v) is 7.45. The Kier molecular flexibility index (Phi) is 7.74. The van der Waals surface area contributed by atoms with Crippen LogP contribution in [-0.2, 0) is 23.8 Å². The van der Waals surface area contributed by atoms with Gasteiger partial charge in [-0.25, -0.2) is 0 Å². The zero-order valence-electron chi connectivity index (χ0n) is 12.8. The average Bonchev–Trinajstić information content (AvgIpc) is 2.46. The van der Waals surface area contributed by atoms with Crippen molar-refractivity contribution >= 4 is 11.9 Å². The van der Waals surface area contributed by atoms with Gasteiger partial charge in [0.1, 0.15) is 24.9 Å². The summed E-state index contributed by atoms with van der Waals surface area (Å²) in [7, 11) is 0. The van der Waals surface area contributed by atoms with Gasteiger partial charge >= 0.3 is 11.9 Å². The molecule has 0 unspecified atom stereocenters. The standard InChI is InChI=1S/C14H24O8/c1-3-5-9(15)20-7-8-11(17)12(18)13(14(19)21-8)22-10(16)6-4-2/h8,11-14,17-19H,3-7H2,1-2H3/t8-,11-,12+,13-,14-/m1/s1. The number of hydrogen-bond donors (Lipinski definition) is 3. The van der Waals surface area contributed by atoms with Crippen molar-refractivity contribution < 1.29 is 39.1 Å². The van der Waals surface area contributed by atoms with Crippen LogP contribution in [0.25, 0.3) is 0 Å². The number of rotatable bonds is 7. The minimum atomic E-state index is -1.60. The van der Waals surface area contributed by atoms with Gasteiger partial charge in [0.25, 0.3) is 0 Å². The summed E-state index contributed by atoms with van der Waals surface area (Å²) in [5.41, 5.74) is 0. The van der Waals surface area contributed by atoms with E-state index in [1.807, 2.05) is 6.92 Å². The van der Waals surface area contributed by atoms with Gasteiger partial charge in [0.2, 0.25) is 0 Å². The summed E-state index contributed by atoms with van der Waals surface area (Å²) in [4.78, 5) is 22.7. The lowest BCUT2D eigenvalue weighted by Gasteiger charge is -2.39. The lowest BCUT2D eigenvalue weighted by Crippen LogP contribution is -2.60. The molecule has 22 heavy (non-hydrogen) atoms. The highest BCUT2D eigenvalue weighted by atomic mass is 16.7. The Balaban J connectivity index is 2.56. The highest BCUT2D eigenvalue weighted by Crippen LogP contribution is 2.23. The largest absolute Gasteiger partial charge is 0.463 e. The molecule has 8 nitrogen and oxygen atoms in total. The smallest absolute Gasteiger partial charge is 0.306 e. The van der Waals surface area contributed by atoms with Crippen LogP contribution in [0.1, 0.15) is 39.5 Å². The van der Waals surface area contributed by atoms with E-state index in [9.17, 15) is 24.9 Å². The number of carbonyl (C=O) groups is 2. The molecule has 8 heteroatoms. The molecular weight excluding hydrogens is 296 g/mol. The molecule has 1 rings (SSSR count). The molecular formula is C14H24O8. The summed E-state index contributed by atoms with van der Waals surface area (Å²) in [6.07, 6.45) is -5.52. The van der Waals surface area contributed by atoms with E-state index < -0.39 is 42.6 Å². The molecule has 1 fully saturated rings. The molecule has 0 aromatic rings. The van der Waals surface area contributed by atoms with Gasteiger partial charge in [0, 0.05) is 12.8 Å². The third-order valence-corrected chi connectivity index (χ3v) is 3.25. The van der Waals surface area contributed by atoms with Crippen molar-refractivity contribution in [2.45, 2.75) is 70.2 Å². The Hall–Kier alpha value is -1.22. The van der Waals surface area contributed by atoms with Crippen LogP contribution < -0.4 is 0 Å². The molecule has 0 spiro atoms.